The zero-order chi connectivity index (χ0) is 33.8. The van der Waals surface area contributed by atoms with Gasteiger partial charge in [-0.25, -0.2) is 13.6 Å². The van der Waals surface area contributed by atoms with E-state index >= 15 is 4.39 Å². The minimum Gasteiger partial charge on any atom is -0.453 e. The number of aromatic nitrogens is 5. The number of carbonyl (C=O) groups excluding carboxylic acids is 3. The van der Waals surface area contributed by atoms with Gasteiger partial charge in [-0.1, -0.05) is 41.9 Å². The van der Waals surface area contributed by atoms with E-state index in [1.807, 2.05) is 18.2 Å². The predicted molar refractivity (Wildman–Crippen MR) is 172 cm³/mol. The Morgan fingerprint density at radius 2 is 1.60 bits per heavy atom. The van der Waals surface area contributed by atoms with Gasteiger partial charge in [-0.05, 0) is 104 Å². The second kappa shape index (κ2) is 13.8. The molecule has 0 saturated heterocycles. The molecular weight excluding hydrogens is 646 g/mol. The third kappa shape index (κ3) is 6.59. The predicted octanol–water partition coefficient (Wildman–Crippen LogP) is 5.61. The molecule has 15 heteroatoms. The molecule has 1 atom stereocenters. The summed E-state index contributed by atoms with van der Waals surface area (Å²) in [6.45, 7) is 0.135. The van der Waals surface area contributed by atoms with Crippen molar-refractivity contribution in [1.82, 2.24) is 30.5 Å². The first-order chi connectivity index (χ1) is 23.2. The summed E-state index contributed by atoms with van der Waals surface area (Å²) in [6.07, 6.45) is 2.16. The number of benzene rings is 4. The van der Waals surface area contributed by atoms with E-state index in [-0.39, 0.29) is 22.8 Å². The molecule has 0 fully saturated rings. The molecule has 0 spiro atoms. The summed E-state index contributed by atoms with van der Waals surface area (Å²) in [5.41, 5.74) is 3.98. The Balaban J connectivity index is 1.36. The molecule has 1 aliphatic rings. The quantitative estimate of drug-likeness (QED) is 0.213. The van der Waals surface area contributed by atoms with Crippen LogP contribution in [0.3, 0.4) is 0 Å². The number of nitrogens with zero attached hydrogens (tertiary/aromatic N) is 6. The standard InChI is InChI=1S/C33H25ClF2N8O4/c1-48-33(47)38-22-9-5-19(6-10-22)23-3-2-4-25-24(23)17-18-43(31(25)32(46)37-21-11-7-20(35)8-12-21)29(45)16-13-26-28(44-41-39-40-42-44)15-14-27(34)30(26)36/h2-16,31H,17-18H2,1H3,(H,37,46)(H,38,47)/b16-13+/t31-/m0/s1. The number of hydrogen-bond acceptors (Lipinski definition) is 8. The highest BCUT2D eigenvalue weighted by Crippen LogP contribution is 2.37. The molecule has 0 saturated carbocycles. The highest BCUT2D eigenvalue weighted by atomic mass is 35.5. The highest BCUT2D eigenvalue weighted by molar-refractivity contribution is 6.31. The van der Waals surface area contributed by atoms with Crippen molar-refractivity contribution in [3.63, 3.8) is 0 Å². The molecule has 1 aliphatic heterocycles. The van der Waals surface area contributed by atoms with E-state index in [4.69, 9.17) is 11.6 Å². The Kier molecular flexibility index (Phi) is 9.16. The zero-order valence-corrected chi connectivity index (χ0v) is 25.9. The molecule has 3 amide bonds. The molecule has 6 rings (SSSR count). The van der Waals surface area contributed by atoms with Gasteiger partial charge in [0.15, 0.2) is 5.82 Å². The van der Waals surface area contributed by atoms with Crippen molar-refractivity contribution in [1.29, 1.82) is 0 Å². The molecule has 4 aromatic carbocycles. The van der Waals surface area contributed by atoms with Crippen LogP contribution < -0.4 is 10.6 Å². The fourth-order valence-electron chi connectivity index (χ4n) is 5.47. The van der Waals surface area contributed by atoms with Crippen LogP contribution in [0.15, 0.2) is 84.9 Å². The summed E-state index contributed by atoms with van der Waals surface area (Å²) in [4.78, 5) is 41.8. The summed E-state index contributed by atoms with van der Waals surface area (Å²) < 4.78 is 33.4. The Morgan fingerprint density at radius 3 is 2.31 bits per heavy atom. The van der Waals surface area contributed by atoms with Gasteiger partial charge < -0.3 is 15.0 Å². The fourth-order valence-corrected chi connectivity index (χ4v) is 5.64. The second-order valence-electron chi connectivity index (χ2n) is 10.5. The van der Waals surface area contributed by atoms with Gasteiger partial charge in [-0.3, -0.25) is 14.9 Å². The van der Waals surface area contributed by atoms with Crippen molar-refractivity contribution in [2.75, 3.05) is 24.3 Å². The summed E-state index contributed by atoms with van der Waals surface area (Å²) in [5.74, 6) is -2.41. The monoisotopic (exact) mass is 670 g/mol. The molecule has 2 N–H and O–H groups in total. The van der Waals surface area contributed by atoms with Crippen LogP contribution in [-0.2, 0) is 20.7 Å². The maximum absolute atomic E-state index is 15.2. The number of methoxy groups -OCH3 is 1. The number of amides is 3. The van der Waals surface area contributed by atoms with Gasteiger partial charge >= 0.3 is 6.09 Å². The number of halogens is 3. The molecular formula is C33H25ClF2N8O4. The van der Waals surface area contributed by atoms with E-state index in [2.05, 4.69) is 36.2 Å². The van der Waals surface area contributed by atoms with Crippen molar-refractivity contribution in [3.05, 3.63) is 118 Å². The average molecular weight is 671 g/mol. The van der Waals surface area contributed by atoms with Gasteiger partial charge in [0.1, 0.15) is 11.9 Å². The number of fused-ring (bicyclic) bond motifs is 1. The Bertz CT molecular complexity index is 2020. The Morgan fingerprint density at radius 1 is 0.917 bits per heavy atom. The van der Waals surface area contributed by atoms with E-state index in [1.54, 1.807) is 24.3 Å². The number of rotatable bonds is 7. The van der Waals surface area contributed by atoms with Crippen LogP contribution in [0.5, 0.6) is 0 Å². The molecule has 1 aromatic heterocycles. The largest absolute Gasteiger partial charge is 0.453 e. The maximum atomic E-state index is 15.2. The first-order valence-electron chi connectivity index (χ1n) is 14.5. The molecule has 5 aromatic rings. The van der Waals surface area contributed by atoms with Gasteiger partial charge in [0.05, 0.1) is 17.8 Å². The van der Waals surface area contributed by atoms with E-state index in [1.165, 1.54) is 54.5 Å². The number of anilines is 2. The fraction of sp³-hybridized carbons (Fsp3) is 0.121. The maximum Gasteiger partial charge on any atom is 0.411 e. The molecule has 12 nitrogen and oxygen atoms in total. The minimum absolute atomic E-state index is 0.0900. The number of carbonyl (C=O) groups is 3. The molecule has 48 heavy (non-hydrogen) atoms. The van der Waals surface area contributed by atoms with Crippen LogP contribution in [0.25, 0.3) is 22.9 Å². The van der Waals surface area contributed by atoms with Gasteiger partial charge in [-0.15, -0.1) is 4.80 Å². The summed E-state index contributed by atoms with van der Waals surface area (Å²) in [6, 6.07) is 19.5. The number of nitrogens with one attached hydrogen (secondary N) is 2. The molecule has 0 unspecified atom stereocenters. The van der Waals surface area contributed by atoms with E-state index < -0.39 is 35.6 Å². The molecule has 2 heterocycles. The first-order valence-corrected chi connectivity index (χ1v) is 14.8. The van der Waals surface area contributed by atoms with Crippen LogP contribution in [0, 0.1) is 11.6 Å². The average Bonchev–Trinajstić information content (AvgIpc) is 3.64. The lowest BCUT2D eigenvalue weighted by molar-refractivity contribution is -0.135. The van der Waals surface area contributed by atoms with E-state index in [9.17, 15) is 18.8 Å². The third-order valence-electron chi connectivity index (χ3n) is 7.70. The van der Waals surface area contributed by atoms with Gasteiger partial charge in [-0.2, -0.15) is 0 Å². The second-order valence-corrected chi connectivity index (χ2v) is 10.9. The SMILES string of the molecule is COC(=O)Nc1ccc(-c2cccc3c2CCN(C(=O)/C=C/c2c(-n4nnnn4)ccc(Cl)c2F)[C@@H]3C(=O)Nc2ccc(F)cc2)cc1. The Labute approximate surface area is 276 Å². The smallest absolute Gasteiger partial charge is 0.411 e. The van der Waals surface area contributed by atoms with Crippen molar-refractivity contribution >= 4 is 47.0 Å². The van der Waals surface area contributed by atoms with Gasteiger partial charge in [0.2, 0.25) is 5.91 Å². The van der Waals surface area contributed by atoms with Gasteiger partial charge in [0.25, 0.3) is 5.91 Å². The lowest BCUT2D eigenvalue weighted by Gasteiger charge is -2.36. The van der Waals surface area contributed by atoms with E-state index in [0.717, 1.165) is 27.6 Å². The van der Waals surface area contributed by atoms with Crippen LogP contribution in [0.4, 0.5) is 25.0 Å². The van der Waals surface area contributed by atoms with E-state index in [0.29, 0.717) is 23.4 Å². The molecule has 0 aliphatic carbocycles. The number of hydrogen-bond donors (Lipinski definition) is 2. The zero-order valence-electron chi connectivity index (χ0n) is 25.1. The summed E-state index contributed by atoms with van der Waals surface area (Å²) in [7, 11) is 1.27. The molecule has 0 bridgehead atoms. The molecule has 0 radical (unpaired) electrons. The summed E-state index contributed by atoms with van der Waals surface area (Å²) in [5, 5.41) is 19.4. The highest BCUT2D eigenvalue weighted by Gasteiger charge is 2.36. The summed E-state index contributed by atoms with van der Waals surface area (Å²) >= 11 is 6.04. The lowest BCUT2D eigenvalue weighted by atomic mass is 9.86. The third-order valence-corrected chi connectivity index (χ3v) is 7.99. The van der Waals surface area contributed by atoms with Crippen molar-refractivity contribution in [2.24, 2.45) is 0 Å². The minimum atomic E-state index is -1.11. The normalized spacial score (nSPS) is 14.0. The van der Waals surface area contributed by atoms with Crippen LogP contribution in [0.1, 0.15) is 22.7 Å². The Hall–Kier alpha value is -6.02. The van der Waals surface area contributed by atoms with Crippen LogP contribution in [0.2, 0.25) is 5.02 Å². The first kappa shape index (κ1) is 31.9. The van der Waals surface area contributed by atoms with Crippen LogP contribution >= 0.6 is 11.6 Å². The van der Waals surface area contributed by atoms with Crippen molar-refractivity contribution in [2.45, 2.75) is 12.5 Å². The lowest BCUT2D eigenvalue weighted by Crippen LogP contribution is -2.45. The number of ether oxygens (including phenoxy) is 1. The molecule has 242 valence electrons. The van der Waals surface area contributed by atoms with Crippen molar-refractivity contribution in [3.8, 4) is 16.8 Å². The van der Waals surface area contributed by atoms with Gasteiger partial charge in [0, 0.05) is 29.6 Å². The van der Waals surface area contributed by atoms with Crippen molar-refractivity contribution < 1.29 is 27.9 Å². The van der Waals surface area contributed by atoms with Crippen LogP contribution in [-0.4, -0.2) is 62.1 Å². The topological polar surface area (TPSA) is 144 Å².